The van der Waals surface area contributed by atoms with Gasteiger partial charge in [-0.3, -0.25) is 14.2 Å². The lowest BCUT2D eigenvalue weighted by Crippen LogP contribution is -2.38. The molecular weight excluding hydrogens is 460 g/mol. The Kier molecular flexibility index (Phi) is 7.06. The summed E-state index contributed by atoms with van der Waals surface area (Å²) in [4.78, 5) is 41.8. The van der Waals surface area contributed by atoms with E-state index in [0.29, 0.717) is 22.7 Å². The van der Waals surface area contributed by atoms with Gasteiger partial charge in [-0.05, 0) is 19.1 Å². The van der Waals surface area contributed by atoms with Gasteiger partial charge in [-0.2, -0.15) is 0 Å². The van der Waals surface area contributed by atoms with Crippen molar-refractivity contribution < 1.29 is 33.7 Å². The molecule has 4 unspecified atom stereocenters. The van der Waals surface area contributed by atoms with Gasteiger partial charge in [-0.1, -0.05) is 11.2 Å². The number of hydrogen-bond donors (Lipinski definition) is 2. The molecule has 35 heavy (non-hydrogen) atoms. The average molecular weight is 484 g/mol. The van der Waals surface area contributed by atoms with Crippen LogP contribution >= 0.6 is 0 Å². The van der Waals surface area contributed by atoms with Crippen LogP contribution in [0.25, 0.3) is 11.2 Å². The van der Waals surface area contributed by atoms with Gasteiger partial charge < -0.3 is 29.5 Å². The molecule has 1 aliphatic rings. The topological polar surface area (TPSA) is 159 Å². The van der Waals surface area contributed by atoms with Crippen molar-refractivity contribution >= 4 is 40.8 Å². The monoisotopic (exact) mass is 484 g/mol. The molecule has 3 heterocycles. The largest absolute Gasteiger partial charge is 0.508 e. The van der Waals surface area contributed by atoms with Crippen LogP contribution < -0.4 is 5.32 Å². The van der Waals surface area contributed by atoms with Gasteiger partial charge >= 0.3 is 11.9 Å². The van der Waals surface area contributed by atoms with Crippen LogP contribution in [0.1, 0.15) is 27.0 Å². The van der Waals surface area contributed by atoms with Gasteiger partial charge in [-0.25, -0.2) is 15.0 Å². The fourth-order valence-corrected chi connectivity index (χ4v) is 3.69. The zero-order valence-corrected chi connectivity index (χ0v) is 19.2. The molecule has 0 bridgehead atoms. The molecule has 13 nitrogen and oxygen atoms in total. The number of nitrogens with one attached hydrogen (secondary N) is 1. The second-order valence-electron chi connectivity index (χ2n) is 7.60. The van der Waals surface area contributed by atoms with Gasteiger partial charge in [-0.15, -0.1) is 0 Å². The van der Waals surface area contributed by atoms with Crippen LogP contribution in [0.3, 0.4) is 0 Å². The predicted molar refractivity (Wildman–Crippen MR) is 122 cm³/mol. The zero-order valence-electron chi connectivity index (χ0n) is 19.2. The number of carbonyl (C=O) groups is 2. The molecule has 4 rings (SSSR count). The molecule has 2 aromatic heterocycles. The van der Waals surface area contributed by atoms with Crippen LogP contribution in [-0.4, -0.2) is 67.7 Å². The van der Waals surface area contributed by atoms with Gasteiger partial charge in [0.15, 0.2) is 35.4 Å². The molecule has 4 atom stereocenters. The normalized spacial score (nSPS) is 21.8. The molecule has 0 spiro atoms. The minimum absolute atomic E-state index is 0.0917. The predicted octanol–water partition coefficient (Wildman–Crippen LogP) is 2.06. The van der Waals surface area contributed by atoms with Gasteiger partial charge in [0.05, 0.1) is 6.33 Å². The van der Waals surface area contributed by atoms with Crippen LogP contribution in [0.4, 0.5) is 11.5 Å². The Labute approximate surface area is 199 Å². The summed E-state index contributed by atoms with van der Waals surface area (Å²) in [6, 6.07) is 6.54. The summed E-state index contributed by atoms with van der Waals surface area (Å²) in [5.74, 6) is -0.575. The Morgan fingerprint density at radius 3 is 2.77 bits per heavy atom. The number of imidazole rings is 1. The molecule has 1 saturated heterocycles. The molecule has 0 radical (unpaired) electrons. The lowest BCUT2D eigenvalue weighted by molar-refractivity contribution is -0.157. The number of ether oxygens (including phenoxy) is 3. The first kappa shape index (κ1) is 23.9. The van der Waals surface area contributed by atoms with Crippen LogP contribution in [0, 0.1) is 0 Å². The number of carbonyl (C=O) groups excluding carboxylic acids is 2. The van der Waals surface area contributed by atoms with Gasteiger partial charge in [0.1, 0.15) is 24.8 Å². The number of oxime groups is 1. The van der Waals surface area contributed by atoms with Crippen LogP contribution in [0.2, 0.25) is 0 Å². The van der Waals surface area contributed by atoms with Crippen molar-refractivity contribution in [3.63, 3.8) is 0 Å². The summed E-state index contributed by atoms with van der Waals surface area (Å²) in [6.07, 6.45) is 0.719. The molecule has 1 aliphatic heterocycles. The highest BCUT2D eigenvalue weighted by molar-refractivity contribution is 5.85. The summed E-state index contributed by atoms with van der Waals surface area (Å²) in [7, 11) is 0. The fraction of sp³-hybridized carbons (Fsp3) is 0.364. The maximum absolute atomic E-state index is 11.9. The lowest BCUT2D eigenvalue weighted by atomic mass is 10.1. The molecule has 1 aromatic carbocycles. The number of fused-ring (bicyclic) bond motifs is 1. The molecule has 2 N–H and O–H groups in total. The Balaban J connectivity index is 1.70. The molecule has 0 aliphatic carbocycles. The second-order valence-corrected chi connectivity index (χ2v) is 7.60. The number of anilines is 2. The standard InChI is InChI=1S/C22H24N6O7/c1-4-26-35-18-16(9-32-12(2)29)34-22(19(18)33-13(3)30)28-11-25-17-20(23-10-24-21(17)28)27-14-6-5-7-15(31)8-14/h4-8,10-11,16,18-19,22,31H,9H2,1-3H3,(H,23,24,27)/b26-4-. The molecule has 3 aromatic rings. The maximum Gasteiger partial charge on any atom is 0.303 e. The fourth-order valence-electron chi connectivity index (χ4n) is 3.69. The Morgan fingerprint density at radius 2 is 2.06 bits per heavy atom. The summed E-state index contributed by atoms with van der Waals surface area (Å²) >= 11 is 0. The van der Waals surface area contributed by atoms with Gasteiger partial charge in [0, 0.05) is 31.8 Å². The molecule has 13 heteroatoms. The molecule has 184 valence electrons. The SMILES string of the molecule is C/C=N\OC1C(COC(C)=O)OC(n2cnc3c(Nc4cccc(O)c4)ncnc32)C1OC(C)=O. The van der Waals surface area contributed by atoms with Crippen LogP contribution in [-0.2, 0) is 28.6 Å². The number of aromatic nitrogens is 4. The number of phenolic OH excluding ortho intramolecular Hbond substituents is 1. The van der Waals surface area contributed by atoms with E-state index in [2.05, 4.69) is 25.4 Å². The quantitative estimate of drug-likeness (QED) is 0.274. The summed E-state index contributed by atoms with van der Waals surface area (Å²) in [5.41, 5.74) is 1.39. The van der Waals surface area contributed by atoms with E-state index in [1.165, 1.54) is 38.8 Å². The van der Waals surface area contributed by atoms with Gasteiger partial charge in [0.25, 0.3) is 0 Å². The van der Waals surface area contributed by atoms with E-state index < -0.39 is 36.5 Å². The first-order valence-corrected chi connectivity index (χ1v) is 10.7. The third kappa shape index (κ3) is 5.30. The van der Waals surface area contributed by atoms with E-state index in [4.69, 9.17) is 19.0 Å². The number of rotatable bonds is 8. The third-order valence-electron chi connectivity index (χ3n) is 5.07. The zero-order chi connectivity index (χ0) is 24.9. The number of aromatic hydroxyl groups is 1. The van der Waals surface area contributed by atoms with Crippen molar-refractivity contribution in [2.75, 3.05) is 11.9 Å². The van der Waals surface area contributed by atoms with E-state index in [9.17, 15) is 14.7 Å². The van der Waals surface area contributed by atoms with Gasteiger partial charge in [0.2, 0.25) is 0 Å². The van der Waals surface area contributed by atoms with E-state index >= 15 is 0 Å². The molecule has 1 fully saturated rings. The highest BCUT2D eigenvalue weighted by atomic mass is 16.7. The number of benzene rings is 1. The molecule has 0 amide bonds. The van der Waals surface area contributed by atoms with E-state index in [-0.39, 0.29) is 12.4 Å². The summed E-state index contributed by atoms with van der Waals surface area (Å²) in [5, 5.41) is 16.7. The minimum Gasteiger partial charge on any atom is -0.508 e. The van der Waals surface area contributed by atoms with Crippen molar-refractivity contribution in [3.8, 4) is 5.75 Å². The first-order valence-electron chi connectivity index (χ1n) is 10.7. The molecular formula is C22H24N6O7. The smallest absolute Gasteiger partial charge is 0.303 e. The minimum atomic E-state index is -0.952. The number of hydrogen-bond acceptors (Lipinski definition) is 12. The Hall–Kier alpha value is -4.26. The van der Waals surface area contributed by atoms with E-state index in [0.717, 1.165) is 0 Å². The van der Waals surface area contributed by atoms with Crippen LogP contribution in [0.15, 0.2) is 42.1 Å². The highest BCUT2D eigenvalue weighted by Gasteiger charge is 2.51. The maximum atomic E-state index is 11.9. The number of esters is 2. The number of phenols is 1. The Bertz CT molecular complexity index is 1250. The van der Waals surface area contributed by atoms with Crippen molar-refractivity contribution in [3.05, 3.63) is 36.9 Å². The Morgan fingerprint density at radius 1 is 1.23 bits per heavy atom. The van der Waals surface area contributed by atoms with Crippen molar-refractivity contribution in [1.82, 2.24) is 19.5 Å². The van der Waals surface area contributed by atoms with E-state index in [1.54, 1.807) is 29.7 Å². The molecule has 0 saturated carbocycles. The van der Waals surface area contributed by atoms with Crippen molar-refractivity contribution in [2.45, 2.75) is 45.3 Å². The number of nitrogens with zero attached hydrogens (tertiary/aromatic N) is 5. The lowest BCUT2D eigenvalue weighted by Gasteiger charge is -2.22. The average Bonchev–Trinajstić information content (AvgIpc) is 3.38. The van der Waals surface area contributed by atoms with E-state index in [1.807, 2.05) is 0 Å². The summed E-state index contributed by atoms with van der Waals surface area (Å²) in [6.45, 7) is 4.06. The van der Waals surface area contributed by atoms with Crippen molar-refractivity contribution in [1.29, 1.82) is 0 Å². The third-order valence-corrected chi connectivity index (χ3v) is 5.07. The second kappa shape index (κ2) is 10.3. The van der Waals surface area contributed by atoms with Crippen molar-refractivity contribution in [2.24, 2.45) is 5.16 Å². The van der Waals surface area contributed by atoms with Crippen LogP contribution in [0.5, 0.6) is 5.75 Å². The highest BCUT2D eigenvalue weighted by Crippen LogP contribution is 2.36. The first-order chi connectivity index (χ1) is 16.9. The summed E-state index contributed by atoms with van der Waals surface area (Å²) < 4.78 is 18.4.